The molecule has 38 heavy (non-hydrogen) atoms. The van der Waals surface area contributed by atoms with Gasteiger partial charge in [-0.15, -0.1) is 0 Å². The highest BCUT2D eigenvalue weighted by atomic mass is 16.3. The summed E-state index contributed by atoms with van der Waals surface area (Å²) in [5.41, 5.74) is 5.18. The van der Waals surface area contributed by atoms with Crippen molar-refractivity contribution in [2.24, 2.45) is 0 Å². The minimum atomic E-state index is 0.557. The molecular formula is C31H38N6O. The standard InChI is InChI=1S/C31H38N6O/c1-4-34-14-16-36(17-15-34)26-12-10-25(11-13-26)29-27(24-8-6-5-7-9-24)28-30(32-22-33-31(28)38-29)37-20-18-35(19-21-37)23(2)3/h5-13,22-23H,4,14-21H2,1-3H3. The SMILES string of the molecule is CCN1CCN(c2ccc(-c3oc4ncnc(N5CCN(C(C)C)CC5)c4c3-c3ccccc3)cc2)CC1. The highest BCUT2D eigenvalue weighted by Crippen LogP contribution is 2.43. The maximum Gasteiger partial charge on any atom is 0.232 e. The summed E-state index contributed by atoms with van der Waals surface area (Å²) < 4.78 is 6.54. The van der Waals surface area contributed by atoms with E-state index in [0.717, 1.165) is 92.6 Å². The van der Waals surface area contributed by atoms with Crippen molar-refractivity contribution in [1.82, 2.24) is 19.8 Å². The van der Waals surface area contributed by atoms with E-state index in [-0.39, 0.29) is 0 Å². The Labute approximate surface area is 225 Å². The fourth-order valence-electron chi connectivity index (χ4n) is 5.84. The van der Waals surface area contributed by atoms with Gasteiger partial charge in [0.25, 0.3) is 0 Å². The number of piperazine rings is 2. The second kappa shape index (κ2) is 10.8. The molecule has 6 rings (SSSR count). The first kappa shape index (κ1) is 24.9. The molecule has 7 heteroatoms. The van der Waals surface area contributed by atoms with E-state index in [0.29, 0.717) is 11.8 Å². The van der Waals surface area contributed by atoms with Crippen molar-refractivity contribution >= 4 is 22.6 Å². The third kappa shape index (κ3) is 4.76. The summed E-state index contributed by atoms with van der Waals surface area (Å²) in [6.45, 7) is 16.2. The minimum Gasteiger partial charge on any atom is -0.437 e. The van der Waals surface area contributed by atoms with Gasteiger partial charge < -0.3 is 19.1 Å². The summed E-state index contributed by atoms with van der Waals surface area (Å²) in [6, 6.07) is 19.9. The average Bonchev–Trinajstić information content (AvgIpc) is 3.38. The van der Waals surface area contributed by atoms with E-state index >= 15 is 0 Å². The molecule has 0 bridgehead atoms. The van der Waals surface area contributed by atoms with E-state index in [1.54, 1.807) is 6.33 Å². The van der Waals surface area contributed by atoms with Crippen LogP contribution in [0.5, 0.6) is 0 Å². The van der Waals surface area contributed by atoms with Crippen molar-refractivity contribution in [3.05, 3.63) is 60.9 Å². The molecule has 0 saturated carbocycles. The molecule has 0 aliphatic carbocycles. The molecule has 4 heterocycles. The van der Waals surface area contributed by atoms with Gasteiger partial charge in [-0.05, 0) is 50.2 Å². The Kier molecular flexibility index (Phi) is 7.04. The third-order valence-corrected chi connectivity index (χ3v) is 8.19. The van der Waals surface area contributed by atoms with Crippen LogP contribution in [0.3, 0.4) is 0 Å². The van der Waals surface area contributed by atoms with Crippen molar-refractivity contribution in [2.45, 2.75) is 26.8 Å². The van der Waals surface area contributed by atoms with Crippen LogP contribution < -0.4 is 9.80 Å². The second-order valence-electron chi connectivity index (χ2n) is 10.6. The van der Waals surface area contributed by atoms with Crippen LogP contribution in [-0.2, 0) is 0 Å². The second-order valence-corrected chi connectivity index (χ2v) is 10.6. The largest absolute Gasteiger partial charge is 0.437 e. The van der Waals surface area contributed by atoms with E-state index in [4.69, 9.17) is 9.40 Å². The van der Waals surface area contributed by atoms with Gasteiger partial charge in [-0.1, -0.05) is 37.3 Å². The molecule has 0 unspecified atom stereocenters. The van der Waals surface area contributed by atoms with E-state index in [1.807, 2.05) is 0 Å². The molecule has 2 aliphatic heterocycles. The van der Waals surface area contributed by atoms with Crippen LogP contribution in [-0.4, -0.2) is 84.7 Å². The van der Waals surface area contributed by atoms with Gasteiger partial charge in [-0.25, -0.2) is 9.97 Å². The molecule has 0 amide bonds. The summed E-state index contributed by atoms with van der Waals surface area (Å²) in [5.74, 6) is 1.83. The number of likely N-dealkylation sites (N-methyl/N-ethyl adjacent to an activating group) is 1. The van der Waals surface area contributed by atoms with Gasteiger partial charge in [0.15, 0.2) is 0 Å². The molecule has 4 aromatic rings. The Morgan fingerprint density at radius 1 is 0.763 bits per heavy atom. The first-order valence-corrected chi connectivity index (χ1v) is 14.0. The lowest BCUT2D eigenvalue weighted by Gasteiger charge is -2.37. The van der Waals surface area contributed by atoms with Gasteiger partial charge in [0, 0.05) is 75.2 Å². The molecule has 2 fully saturated rings. The van der Waals surface area contributed by atoms with Crippen LogP contribution in [0, 0.1) is 0 Å². The van der Waals surface area contributed by atoms with Crippen LogP contribution in [0.1, 0.15) is 20.8 Å². The number of hydrogen-bond acceptors (Lipinski definition) is 7. The average molecular weight is 511 g/mol. The molecule has 0 N–H and O–H groups in total. The lowest BCUT2D eigenvalue weighted by molar-refractivity contribution is 0.209. The summed E-state index contributed by atoms with van der Waals surface area (Å²) in [4.78, 5) is 19.3. The number of benzene rings is 2. The van der Waals surface area contributed by atoms with Gasteiger partial charge >= 0.3 is 0 Å². The summed E-state index contributed by atoms with van der Waals surface area (Å²) in [6.07, 6.45) is 1.65. The first-order chi connectivity index (χ1) is 18.6. The van der Waals surface area contributed by atoms with Crippen molar-refractivity contribution in [3.8, 4) is 22.5 Å². The Morgan fingerprint density at radius 3 is 2.11 bits per heavy atom. The third-order valence-electron chi connectivity index (χ3n) is 8.19. The predicted molar refractivity (Wildman–Crippen MR) is 156 cm³/mol. The predicted octanol–water partition coefficient (Wildman–Crippen LogP) is 5.23. The van der Waals surface area contributed by atoms with E-state index in [2.05, 4.69) is 100.0 Å². The zero-order valence-electron chi connectivity index (χ0n) is 22.8. The van der Waals surface area contributed by atoms with E-state index < -0.39 is 0 Å². The lowest BCUT2D eigenvalue weighted by Crippen LogP contribution is -2.49. The number of aromatic nitrogens is 2. The summed E-state index contributed by atoms with van der Waals surface area (Å²) >= 11 is 0. The number of anilines is 2. The molecule has 0 spiro atoms. The summed E-state index contributed by atoms with van der Waals surface area (Å²) in [5, 5.41) is 1.01. The fourth-order valence-corrected chi connectivity index (χ4v) is 5.84. The highest BCUT2D eigenvalue weighted by Gasteiger charge is 2.27. The molecule has 2 aromatic heterocycles. The number of fused-ring (bicyclic) bond motifs is 1. The van der Waals surface area contributed by atoms with Crippen LogP contribution in [0.25, 0.3) is 33.6 Å². The number of furan rings is 1. The smallest absolute Gasteiger partial charge is 0.232 e. The van der Waals surface area contributed by atoms with Crippen LogP contribution >= 0.6 is 0 Å². The molecule has 0 atom stereocenters. The van der Waals surface area contributed by atoms with E-state index in [9.17, 15) is 0 Å². The highest BCUT2D eigenvalue weighted by molar-refractivity contribution is 6.06. The Hall–Kier alpha value is -3.42. The van der Waals surface area contributed by atoms with Gasteiger partial charge in [-0.2, -0.15) is 0 Å². The Balaban J connectivity index is 1.38. The van der Waals surface area contributed by atoms with E-state index in [1.165, 1.54) is 5.69 Å². The monoisotopic (exact) mass is 510 g/mol. The Bertz CT molecular complexity index is 1350. The number of nitrogens with zero attached hydrogens (tertiary/aromatic N) is 6. The molecule has 2 aliphatic rings. The molecule has 198 valence electrons. The maximum atomic E-state index is 6.54. The van der Waals surface area contributed by atoms with Gasteiger partial charge in [-0.3, -0.25) is 4.90 Å². The van der Waals surface area contributed by atoms with Crippen LogP contribution in [0.4, 0.5) is 11.5 Å². The van der Waals surface area contributed by atoms with Crippen molar-refractivity contribution in [3.63, 3.8) is 0 Å². The normalized spacial score (nSPS) is 17.6. The molecule has 2 saturated heterocycles. The van der Waals surface area contributed by atoms with Gasteiger partial charge in [0.1, 0.15) is 17.9 Å². The zero-order chi connectivity index (χ0) is 26.1. The topological polar surface area (TPSA) is 51.9 Å². The zero-order valence-corrected chi connectivity index (χ0v) is 22.8. The van der Waals surface area contributed by atoms with Crippen molar-refractivity contribution in [1.29, 1.82) is 0 Å². The van der Waals surface area contributed by atoms with Crippen molar-refractivity contribution in [2.75, 3.05) is 68.7 Å². The minimum absolute atomic E-state index is 0.557. The number of rotatable bonds is 6. The van der Waals surface area contributed by atoms with Gasteiger partial charge in [0.2, 0.25) is 5.71 Å². The molecule has 2 aromatic carbocycles. The lowest BCUT2D eigenvalue weighted by atomic mass is 9.99. The summed E-state index contributed by atoms with van der Waals surface area (Å²) in [7, 11) is 0. The molecular weight excluding hydrogens is 472 g/mol. The van der Waals surface area contributed by atoms with Crippen molar-refractivity contribution < 1.29 is 4.42 Å². The Morgan fingerprint density at radius 2 is 1.45 bits per heavy atom. The number of hydrogen-bond donors (Lipinski definition) is 0. The molecule has 0 radical (unpaired) electrons. The quantitative estimate of drug-likeness (QED) is 0.352. The maximum absolute atomic E-state index is 6.54. The fraction of sp³-hybridized carbons (Fsp3) is 0.419. The van der Waals surface area contributed by atoms with Gasteiger partial charge in [0.05, 0.1) is 5.39 Å². The molecule has 7 nitrogen and oxygen atoms in total. The van der Waals surface area contributed by atoms with Crippen LogP contribution in [0.15, 0.2) is 65.3 Å². The first-order valence-electron chi connectivity index (χ1n) is 14.0. The van der Waals surface area contributed by atoms with Crippen LogP contribution in [0.2, 0.25) is 0 Å².